The fraction of sp³-hybridized carbons (Fsp3) is 0.467. The zero-order valence-electron chi connectivity index (χ0n) is 12.8. The Balaban J connectivity index is 2.55. The molecule has 5 nitrogen and oxygen atoms in total. The van der Waals surface area contributed by atoms with Crippen molar-refractivity contribution in [3.8, 4) is 0 Å². The van der Waals surface area contributed by atoms with Crippen molar-refractivity contribution in [3.05, 3.63) is 28.5 Å². The van der Waals surface area contributed by atoms with Gasteiger partial charge < -0.3 is 10.4 Å². The van der Waals surface area contributed by atoms with Gasteiger partial charge >= 0.3 is 6.09 Å². The number of hydrogen-bond acceptors (Lipinski definition) is 3. The minimum atomic E-state index is -1.10. The Morgan fingerprint density at radius 2 is 2.14 bits per heavy atom. The van der Waals surface area contributed by atoms with Crippen LogP contribution < -0.4 is 5.32 Å². The number of carboxylic acid groups (broad SMARTS) is 1. The second kappa shape index (κ2) is 7.26. The second-order valence-electron chi connectivity index (χ2n) is 5.66. The summed E-state index contributed by atoms with van der Waals surface area (Å²) in [5, 5.41) is 14.0. The van der Waals surface area contributed by atoms with Gasteiger partial charge in [0, 0.05) is 17.0 Å². The van der Waals surface area contributed by atoms with Crippen LogP contribution in [-0.2, 0) is 4.79 Å². The highest BCUT2D eigenvalue weighted by atomic mass is 32.1. The van der Waals surface area contributed by atoms with Crippen molar-refractivity contribution in [3.63, 3.8) is 0 Å². The van der Waals surface area contributed by atoms with E-state index in [0.29, 0.717) is 6.54 Å². The molecule has 0 aliphatic rings. The standard InChI is InChI=1S/C15H22N2O3S/c1-11(17(14(19)20)15(2,3)4)13(18)16-9-5-7-12-8-6-10-21-12/h5-8,10-11H,9H2,1-4H3,(H,16,18)(H,19,20)/b7-5+/t11-/m1/s1. The minimum absolute atomic E-state index is 0.303. The van der Waals surface area contributed by atoms with Crippen molar-refractivity contribution < 1.29 is 14.7 Å². The van der Waals surface area contributed by atoms with Gasteiger partial charge in [-0.3, -0.25) is 9.69 Å². The SMILES string of the molecule is C[C@H](C(=O)NC/C=C/c1cccs1)N(C(=O)O)C(C)(C)C. The fourth-order valence-corrected chi connectivity index (χ4v) is 2.67. The highest BCUT2D eigenvalue weighted by molar-refractivity contribution is 7.10. The van der Waals surface area contributed by atoms with Crippen LogP contribution in [0.2, 0.25) is 0 Å². The van der Waals surface area contributed by atoms with Crippen molar-refractivity contribution in [2.24, 2.45) is 0 Å². The van der Waals surface area contributed by atoms with Gasteiger partial charge in [-0.05, 0) is 45.2 Å². The molecular formula is C15H22N2O3S. The third kappa shape index (κ3) is 5.23. The summed E-state index contributed by atoms with van der Waals surface area (Å²) < 4.78 is 0. The van der Waals surface area contributed by atoms with E-state index in [-0.39, 0.29) is 5.91 Å². The third-order valence-corrected chi connectivity index (χ3v) is 3.75. The molecule has 0 spiro atoms. The fourth-order valence-electron chi connectivity index (χ4n) is 2.02. The number of nitrogens with zero attached hydrogens (tertiary/aromatic N) is 1. The molecule has 1 heterocycles. The van der Waals surface area contributed by atoms with Crippen LogP contribution >= 0.6 is 11.3 Å². The molecule has 0 saturated heterocycles. The predicted molar refractivity (Wildman–Crippen MR) is 85.4 cm³/mol. The first-order valence-electron chi connectivity index (χ1n) is 6.73. The molecule has 0 saturated carbocycles. The molecule has 0 radical (unpaired) electrons. The number of thiophene rings is 1. The number of carbonyl (C=O) groups is 2. The molecule has 2 N–H and O–H groups in total. The normalized spacial score (nSPS) is 13.1. The molecule has 21 heavy (non-hydrogen) atoms. The van der Waals surface area contributed by atoms with E-state index in [0.717, 1.165) is 9.78 Å². The zero-order chi connectivity index (χ0) is 16.0. The quantitative estimate of drug-likeness (QED) is 0.878. The first kappa shape index (κ1) is 17.2. The van der Waals surface area contributed by atoms with Gasteiger partial charge in [-0.1, -0.05) is 12.1 Å². The molecule has 0 aliphatic heterocycles. The molecule has 6 heteroatoms. The summed E-state index contributed by atoms with van der Waals surface area (Å²) >= 11 is 1.61. The van der Waals surface area contributed by atoms with Crippen LogP contribution in [0.3, 0.4) is 0 Å². The summed E-state index contributed by atoms with van der Waals surface area (Å²) in [6.45, 7) is 7.27. The zero-order valence-corrected chi connectivity index (χ0v) is 13.6. The van der Waals surface area contributed by atoms with Crippen molar-refractivity contribution in [1.82, 2.24) is 10.2 Å². The third-order valence-electron chi connectivity index (χ3n) is 2.91. The smallest absolute Gasteiger partial charge is 0.408 e. The summed E-state index contributed by atoms with van der Waals surface area (Å²) in [6, 6.07) is 3.20. The molecule has 2 amide bonds. The summed E-state index contributed by atoms with van der Waals surface area (Å²) in [5.74, 6) is -0.303. The molecule has 0 fully saturated rings. The lowest BCUT2D eigenvalue weighted by molar-refractivity contribution is -0.126. The highest BCUT2D eigenvalue weighted by Crippen LogP contribution is 2.17. The molecule has 1 aromatic rings. The Morgan fingerprint density at radius 1 is 1.48 bits per heavy atom. The van der Waals surface area contributed by atoms with Gasteiger partial charge in [0.25, 0.3) is 0 Å². The van der Waals surface area contributed by atoms with Gasteiger partial charge in [0.15, 0.2) is 0 Å². The van der Waals surface area contributed by atoms with E-state index >= 15 is 0 Å². The maximum atomic E-state index is 12.0. The first-order valence-corrected chi connectivity index (χ1v) is 7.61. The summed E-state index contributed by atoms with van der Waals surface area (Å²) in [5.41, 5.74) is -0.630. The van der Waals surface area contributed by atoms with Crippen LogP contribution in [0.4, 0.5) is 4.79 Å². The summed E-state index contributed by atoms with van der Waals surface area (Å²) in [4.78, 5) is 25.6. The number of hydrogen-bond donors (Lipinski definition) is 2. The number of carbonyl (C=O) groups excluding carboxylic acids is 1. The topological polar surface area (TPSA) is 69.6 Å². The molecule has 0 aliphatic carbocycles. The molecular weight excluding hydrogens is 288 g/mol. The van der Waals surface area contributed by atoms with E-state index in [9.17, 15) is 14.7 Å². The lowest BCUT2D eigenvalue weighted by Gasteiger charge is -2.37. The van der Waals surface area contributed by atoms with Crippen LogP contribution in [0.1, 0.15) is 32.6 Å². The van der Waals surface area contributed by atoms with Crippen LogP contribution in [0.15, 0.2) is 23.6 Å². The minimum Gasteiger partial charge on any atom is -0.465 e. The van der Waals surface area contributed by atoms with E-state index in [1.165, 1.54) is 0 Å². The molecule has 1 atom stereocenters. The molecule has 1 aromatic heterocycles. The average Bonchev–Trinajstić information content (AvgIpc) is 2.85. The monoisotopic (exact) mass is 310 g/mol. The van der Waals surface area contributed by atoms with Crippen molar-refractivity contribution in [1.29, 1.82) is 0 Å². The van der Waals surface area contributed by atoms with E-state index in [1.807, 2.05) is 29.7 Å². The lowest BCUT2D eigenvalue weighted by Crippen LogP contribution is -2.55. The molecule has 0 unspecified atom stereocenters. The first-order chi connectivity index (χ1) is 9.73. The van der Waals surface area contributed by atoms with Crippen molar-refractivity contribution in [2.45, 2.75) is 39.3 Å². The van der Waals surface area contributed by atoms with Gasteiger partial charge in [0.2, 0.25) is 5.91 Å². The number of rotatable bonds is 5. The molecule has 0 bridgehead atoms. The maximum absolute atomic E-state index is 12.0. The maximum Gasteiger partial charge on any atom is 0.408 e. The summed E-state index contributed by atoms with van der Waals surface area (Å²) in [6.07, 6.45) is 2.67. The van der Waals surface area contributed by atoms with Gasteiger partial charge in [-0.2, -0.15) is 0 Å². The molecule has 0 aromatic carbocycles. The Hall–Kier alpha value is -1.82. The predicted octanol–water partition coefficient (Wildman–Crippen LogP) is 3.04. The lowest BCUT2D eigenvalue weighted by atomic mass is 10.0. The van der Waals surface area contributed by atoms with Crippen LogP contribution in [0, 0.1) is 0 Å². The van der Waals surface area contributed by atoms with Gasteiger partial charge in [-0.25, -0.2) is 4.79 Å². The highest BCUT2D eigenvalue weighted by Gasteiger charge is 2.34. The Kier molecular flexibility index (Phi) is 5.96. The van der Waals surface area contributed by atoms with E-state index in [2.05, 4.69) is 5.32 Å². The van der Waals surface area contributed by atoms with E-state index in [4.69, 9.17) is 0 Å². The number of nitrogens with one attached hydrogen (secondary N) is 1. The average molecular weight is 310 g/mol. The largest absolute Gasteiger partial charge is 0.465 e. The van der Waals surface area contributed by atoms with E-state index in [1.54, 1.807) is 39.0 Å². The van der Waals surface area contributed by atoms with E-state index < -0.39 is 17.7 Å². The van der Waals surface area contributed by atoms with Gasteiger partial charge in [0.05, 0.1) is 0 Å². The molecule has 116 valence electrons. The number of amides is 2. The van der Waals surface area contributed by atoms with Crippen LogP contribution in [-0.4, -0.2) is 40.1 Å². The van der Waals surface area contributed by atoms with Crippen molar-refractivity contribution >= 4 is 29.4 Å². The Morgan fingerprint density at radius 3 is 2.62 bits per heavy atom. The van der Waals surface area contributed by atoms with Crippen molar-refractivity contribution in [2.75, 3.05) is 6.54 Å². The van der Waals surface area contributed by atoms with Crippen LogP contribution in [0.25, 0.3) is 6.08 Å². The molecule has 1 rings (SSSR count). The Labute approximate surface area is 129 Å². The Bertz CT molecular complexity index is 503. The van der Waals surface area contributed by atoms with Crippen LogP contribution in [0.5, 0.6) is 0 Å². The van der Waals surface area contributed by atoms with Gasteiger partial charge in [0.1, 0.15) is 6.04 Å². The van der Waals surface area contributed by atoms with Gasteiger partial charge in [-0.15, -0.1) is 11.3 Å². The summed E-state index contributed by atoms with van der Waals surface area (Å²) in [7, 11) is 0. The second-order valence-corrected chi connectivity index (χ2v) is 6.64.